The molecule has 0 spiro atoms. The van der Waals surface area contributed by atoms with E-state index in [0.29, 0.717) is 19.3 Å². The van der Waals surface area contributed by atoms with Crippen molar-refractivity contribution in [1.82, 2.24) is 5.32 Å². The lowest BCUT2D eigenvalue weighted by molar-refractivity contribution is -0.303. The normalized spacial score (nSPS) is 18.6. The zero-order chi connectivity index (χ0) is 62.4. The lowest BCUT2D eigenvalue weighted by Gasteiger charge is -2.40. The van der Waals surface area contributed by atoms with Gasteiger partial charge in [-0.25, -0.2) is 0 Å². The topological polar surface area (TPSA) is 189 Å². The third-order valence-electron chi connectivity index (χ3n) is 19.2. The van der Waals surface area contributed by atoms with Gasteiger partial charge in [-0.15, -0.1) is 0 Å². The largest absolute Gasteiger partial charge is 0.394 e. The fourth-order valence-electron chi connectivity index (χ4n) is 13.0. The Bertz CT molecular complexity index is 1360. The van der Waals surface area contributed by atoms with Crippen molar-refractivity contribution in [3.8, 4) is 0 Å². The quantitative estimate of drug-likeness (QED) is 0.0272. The maximum atomic E-state index is 13.3. The first-order valence-corrected chi connectivity index (χ1v) is 38.4. The van der Waals surface area contributed by atoms with Crippen LogP contribution in [0.4, 0.5) is 0 Å². The number of nitrogens with one attached hydrogen (secondary N) is 1. The highest BCUT2D eigenvalue weighted by Crippen LogP contribution is 2.25. The zero-order valence-electron chi connectivity index (χ0n) is 57.1. The Hall–Kier alpha value is -0.890. The van der Waals surface area contributed by atoms with Crippen LogP contribution in [-0.4, -0.2) is 110 Å². The summed E-state index contributed by atoms with van der Waals surface area (Å²) in [5.74, 6) is -0.686. The van der Waals surface area contributed by atoms with Gasteiger partial charge in [0.2, 0.25) is 5.91 Å². The Kier molecular flexibility index (Phi) is 62.1. The first-order valence-electron chi connectivity index (χ1n) is 38.4. The zero-order valence-corrected chi connectivity index (χ0v) is 57.1. The predicted molar refractivity (Wildman–Crippen MR) is 363 cm³/mol. The predicted octanol–water partition coefficient (Wildman–Crippen LogP) is 19.2. The summed E-state index contributed by atoms with van der Waals surface area (Å²) in [5, 5.41) is 76.7. The summed E-state index contributed by atoms with van der Waals surface area (Å²) in [6.07, 6.45) is 67.8. The van der Waals surface area contributed by atoms with E-state index in [0.717, 1.165) is 38.5 Å². The summed E-state index contributed by atoms with van der Waals surface area (Å²) in [7, 11) is 0. The molecule has 11 nitrogen and oxygen atoms in total. The van der Waals surface area contributed by atoms with Crippen molar-refractivity contribution >= 4 is 5.91 Å². The number of aliphatic hydroxyl groups is 7. The van der Waals surface area contributed by atoms with Crippen LogP contribution < -0.4 is 5.32 Å². The lowest BCUT2D eigenvalue weighted by Crippen LogP contribution is -2.60. The minimum atomic E-state index is -1.66. The number of amides is 1. The molecule has 1 saturated heterocycles. The van der Waals surface area contributed by atoms with Crippen LogP contribution in [0.3, 0.4) is 0 Å². The molecule has 0 aromatic carbocycles. The summed E-state index contributed by atoms with van der Waals surface area (Å²) in [6, 6.07) is -1.17. The maximum Gasteiger partial charge on any atom is 0.249 e. The number of hydrogen-bond donors (Lipinski definition) is 8. The molecule has 0 saturated carbocycles. The van der Waals surface area contributed by atoms with Crippen LogP contribution in [0.1, 0.15) is 406 Å². The van der Waals surface area contributed by atoms with Gasteiger partial charge < -0.3 is 50.5 Å². The van der Waals surface area contributed by atoms with E-state index in [1.165, 1.54) is 327 Å². The molecule has 1 heterocycles. The average molecular weight is 1230 g/mol. The number of aliphatic hydroxyl groups excluding tert-OH is 7. The molecule has 0 aromatic heterocycles. The molecule has 9 atom stereocenters. The molecule has 1 aliphatic heterocycles. The van der Waals surface area contributed by atoms with E-state index < -0.39 is 74.2 Å². The second-order valence-electron chi connectivity index (χ2n) is 27.4. The Labute approximate surface area is 532 Å². The van der Waals surface area contributed by atoms with Gasteiger partial charge in [0.25, 0.3) is 0 Å². The van der Waals surface area contributed by atoms with Gasteiger partial charge in [-0.2, -0.15) is 0 Å². The first-order chi connectivity index (χ1) is 42.2. The van der Waals surface area contributed by atoms with E-state index in [1.807, 2.05) is 0 Å². The number of rotatable bonds is 69. The van der Waals surface area contributed by atoms with Crippen molar-refractivity contribution in [2.24, 2.45) is 0 Å². The van der Waals surface area contributed by atoms with E-state index in [-0.39, 0.29) is 6.42 Å². The Balaban J connectivity index is 2.14. The van der Waals surface area contributed by atoms with Crippen LogP contribution in [0.15, 0.2) is 0 Å². The maximum absolute atomic E-state index is 13.3. The number of carbonyl (C=O) groups is 1. The molecule has 1 fully saturated rings. The van der Waals surface area contributed by atoms with Gasteiger partial charge in [0.15, 0.2) is 6.29 Å². The standard InChI is InChI=1S/C75H149NO10/c1-3-5-7-9-11-13-15-17-19-21-23-25-27-29-31-32-33-34-35-37-38-40-42-44-46-48-50-52-54-56-58-60-62-67(78)70(80)66(65-85-75-73(83)72(82)71(81)69(64-77)86-75)76-74(84)68(79)63-61-59-57-55-53-51-49-47-45-43-41-39-36-30-28-26-24-22-20-18-16-14-12-10-8-6-4-2/h66-73,75,77-83H,3-65H2,1-2H3,(H,76,84). The van der Waals surface area contributed by atoms with E-state index >= 15 is 0 Å². The molecule has 1 amide bonds. The Morgan fingerprint density at radius 1 is 0.360 bits per heavy atom. The van der Waals surface area contributed by atoms with Crippen LogP contribution in [0.2, 0.25) is 0 Å². The van der Waals surface area contributed by atoms with E-state index in [4.69, 9.17) is 9.47 Å². The third-order valence-corrected chi connectivity index (χ3v) is 19.2. The van der Waals surface area contributed by atoms with Gasteiger partial charge >= 0.3 is 0 Å². The van der Waals surface area contributed by atoms with Crippen molar-refractivity contribution in [1.29, 1.82) is 0 Å². The molecule has 86 heavy (non-hydrogen) atoms. The van der Waals surface area contributed by atoms with Gasteiger partial charge in [-0.05, 0) is 12.8 Å². The van der Waals surface area contributed by atoms with E-state index in [9.17, 15) is 40.5 Å². The molecule has 8 N–H and O–H groups in total. The number of hydrogen-bond acceptors (Lipinski definition) is 10. The minimum absolute atomic E-state index is 0.268. The van der Waals surface area contributed by atoms with Gasteiger partial charge in [0, 0.05) is 0 Å². The van der Waals surface area contributed by atoms with Crippen LogP contribution >= 0.6 is 0 Å². The van der Waals surface area contributed by atoms with Crippen molar-refractivity contribution in [3.05, 3.63) is 0 Å². The highest BCUT2D eigenvalue weighted by molar-refractivity contribution is 5.80. The summed E-state index contributed by atoms with van der Waals surface area (Å²) < 4.78 is 11.2. The van der Waals surface area contributed by atoms with Crippen molar-refractivity contribution < 1.29 is 50.0 Å². The van der Waals surface area contributed by atoms with E-state index in [1.54, 1.807) is 0 Å². The molecule has 1 aliphatic rings. The SMILES string of the molecule is CCCCCCCCCCCCCCCCCCCCCCCCCCCCCCCCCCC(O)C(O)C(COC1OC(CO)C(O)C(O)C1O)NC(=O)C(O)CCCCCCCCCCCCCCCCCCCCCCCCCCCCC. The lowest BCUT2D eigenvalue weighted by atomic mass is 9.98. The first kappa shape index (κ1) is 83.1. The third kappa shape index (κ3) is 50.7. The van der Waals surface area contributed by atoms with Crippen LogP contribution in [-0.2, 0) is 14.3 Å². The fraction of sp³-hybridized carbons (Fsp3) is 0.987. The summed E-state index contributed by atoms with van der Waals surface area (Å²) in [6.45, 7) is 3.54. The Morgan fingerprint density at radius 3 is 0.860 bits per heavy atom. The molecule has 0 radical (unpaired) electrons. The van der Waals surface area contributed by atoms with Gasteiger partial charge in [0.1, 0.15) is 36.6 Å². The summed E-state index contributed by atoms with van der Waals surface area (Å²) in [5.41, 5.74) is 0. The van der Waals surface area contributed by atoms with Gasteiger partial charge in [0.05, 0.1) is 25.4 Å². The molecule has 11 heteroatoms. The van der Waals surface area contributed by atoms with Crippen molar-refractivity contribution in [3.63, 3.8) is 0 Å². The molecule has 0 bridgehead atoms. The number of unbranched alkanes of at least 4 members (excludes halogenated alkanes) is 57. The highest BCUT2D eigenvalue weighted by atomic mass is 16.7. The van der Waals surface area contributed by atoms with E-state index in [2.05, 4.69) is 19.2 Å². The molecule has 1 rings (SSSR count). The average Bonchev–Trinajstić information content (AvgIpc) is 2.54. The molecular weight excluding hydrogens is 1070 g/mol. The number of ether oxygens (including phenoxy) is 2. The highest BCUT2D eigenvalue weighted by Gasteiger charge is 2.44. The second-order valence-corrected chi connectivity index (χ2v) is 27.4. The van der Waals surface area contributed by atoms with Crippen LogP contribution in [0.25, 0.3) is 0 Å². The molecular formula is C75H149NO10. The second kappa shape index (κ2) is 64.2. The smallest absolute Gasteiger partial charge is 0.249 e. The van der Waals surface area contributed by atoms with Crippen molar-refractivity contribution in [2.45, 2.75) is 461 Å². The Morgan fingerprint density at radius 2 is 0.605 bits per heavy atom. The fourth-order valence-corrected chi connectivity index (χ4v) is 13.0. The van der Waals surface area contributed by atoms with Crippen LogP contribution in [0, 0.1) is 0 Å². The molecule has 9 unspecified atom stereocenters. The molecule has 0 aromatic rings. The molecule has 514 valence electrons. The monoisotopic (exact) mass is 1220 g/mol. The summed E-state index contributed by atoms with van der Waals surface area (Å²) in [4.78, 5) is 13.3. The molecule has 0 aliphatic carbocycles. The van der Waals surface area contributed by atoms with Crippen molar-refractivity contribution in [2.75, 3.05) is 13.2 Å². The van der Waals surface area contributed by atoms with Gasteiger partial charge in [-0.1, -0.05) is 393 Å². The number of carbonyl (C=O) groups excluding carboxylic acids is 1. The van der Waals surface area contributed by atoms with Gasteiger partial charge in [-0.3, -0.25) is 4.79 Å². The van der Waals surface area contributed by atoms with Crippen LogP contribution in [0.5, 0.6) is 0 Å². The summed E-state index contributed by atoms with van der Waals surface area (Å²) >= 11 is 0. The minimum Gasteiger partial charge on any atom is -0.394 e.